The molecule has 68 valence electrons. The summed E-state index contributed by atoms with van der Waals surface area (Å²) >= 11 is 0. The molecule has 1 aliphatic carbocycles. The second kappa shape index (κ2) is 3.60. The third-order valence-electron chi connectivity index (χ3n) is 2.39. The van der Waals surface area contributed by atoms with E-state index >= 15 is 0 Å². The van der Waals surface area contributed by atoms with Crippen LogP contribution < -0.4 is 0 Å². The maximum absolute atomic E-state index is 4.83. The summed E-state index contributed by atoms with van der Waals surface area (Å²) in [6.07, 6.45) is 3.38. The lowest BCUT2D eigenvalue weighted by Gasteiger charge is -2.16. The fourth-order valence-electron chi connectivity index (χ4n) is 1.81. The van der Waals surface area contributed by atoms with Crippen LogP contribution in [0.5, 0.6) is 0 Å². The summed E-state index contributed by atoms with van der Waals surface area (Å²) < 4.78 is 0. The van der Waals surface area contributed by atoms with Crippen LogP contribution in [0.1, 0.15) is 24.0 Å². The first-order chi connectivity index (χ1) is 6.42. The molecule has 2 rings (SSSR count). The van der Waals surface area contributed by atoms with Crippen LogP contribution in [0.4, 0.5) is 0 Å². The molecule has 0 saturated heterocycles. The third kappa shape index (κ3) is 1.57. The maximum atomic E-state index is 4.83. The van der Waals surface area contributed by atoms with Crippen LogP contribution in [0.3, 0.4) is 0 Å². The Bertz CT molecular complexity index is 331. The van der Waals surface area contributed by atoms with Crippen LogP contribution in [0.25, 0.3) is 0 Å². The van der Waals surface area contributed by atoms with Crippen LogP contribution in [0.2, 0.25) is 0 Å². The Balaban J connectivity index is 2.42. The van der Waals surface area contributed by atoms with Crippen molar-refractivity contribution in [3.8, 4) is 0 Å². The van der Waals surface area contributed by atoms with Crippen LogP contribution in [-0.4, -0.2) is 12.8 Å². The molecule has 0 saturated carbocycles. The van der Waals surface area contributed by atoms with Crippen molar-refractivity contribution in [3.63, 3.8) is 0 Å². The fraction of sp³-hybridized carbons (Fsp3) is 0.364. The van der Waals surface area contributed by atoms with Gasteiger partial charge in [-0.05, 0) is 24.8 Å². The lowest BCUT2D eigenvalue weighted by molar-refractivity contribution is 0.212. The van der Waals surface area contributed by atoms with Gasteiger partial charge in [-0.2, -0.15) is 0 Å². The Morgan fingerprint density at radius 2 is 2.08 bits per heavy atom. The van der Waals surface area contributed by atoms with E-state index < -0.39 is 0 Å². The molecule has 0 spiro atoms. The van der Waals surface area contributed by atoms with Crippen molar-refractivity contribution in [3.05, 3.63) is 35.4 Å². The molecular weight excluding hydrogens is 162 g/mol. The highest BCUT2D eigenvalue weighted by Gasteiger charge is 2.14. The third-order valence-corrected chi connectivity index (χ3v) is 2.39. The summed E-state index contributed by atoms with van der Waals surface area (Å²) in [5, 5.41) is 4.04. The van der Waals surface area contributed by atoms with Crippen molar-refractivity contribution in [2.75, 3.05) is 7.11 Å². The van der Waals surface area contributed by atoms with Crippen molar-refractivity contribution in [2.24, 2.45) is 5.16 Å². The lowest BCUT2D eigenvalue weighted by Crippen LogP contribution is -2.11. The van der Waals surface area contributed by atoms with Gasteiger partial charge in [0.25, 0.3) is 0 Å². The summed E-state index contributed by atoms with van der Waals surface area (Å²) in [4.78, 5) is 4.83. The number of oxime groups is 1. The topological polar surface area (TPSA) is 21.6 Å². The first kappa shape index (κ1) is 8.30. The summed E-state index contributed by atoms with van der Waals surface area (Å²) in [7, 11) is 1.60. The zero-order valence-electron chi connectivity index (χ0n) is 7.79. The zero-order chi connectivity index (χ0) is 9.10. The molecule has 0 fully saturated rings. The molecule has 0 unspecified atom stereocenters. The van der Waals surface area contributed by atoms with Crippen molar-refractivity contribution >= 4 is 5.71 Å². The minimum absolute atomic E-state index is 1.03. The quantitative estimate of drug-likeness (QED) is 0.600. The van der Waals surface area contributed by atoms with Crippen LogP contribution in [0.15, 0.2) is 29.4 Å². The molecule has 0 radical (unpaired) electrons. The highest BCUT2D eigenvalue weighted by molar-refractivity contribution is 6.02. The average Bonchev–Trinajstić information content (AvgIpc) is 2.19. The predicted molar refractivity (Wildman–Crippen MR) is 52.9 cm³/mol. The Hall–Kier alpha value is -1.31. The van der Waals surface area contributed by atoms with E-state index in [1.165, 1.54) is 24.0 Å². The molecule has 0 N–H and O–H groups in total. The van der Waals surface area contributed by atoms with Gasteiger partial charge in [-0.3, -0.25) is 0 Å². The lowest BCUT2D eigenvalue weighted by atomic mass is 9.90. The van der Waals surface area contributed by atoms with Crippen molar-refractivity contribution < 1.29 is 4.84 Å². The van der Waals surface area contributed by atoms with Crippen molar-refractivity contribution in [1.29, 1.82) is 0 Å². The summed E-state index contributed by atoms with van der Waals surface area (Å²) in [6.45, 7) is 0. The standard InChI is InChI=1S/C11H13NO/c1-13-12-11-8-4-6-9-5-2-3-7-10(9)11/h2-3,5,7H,4,6,8H2,1H3/b12-11+. The van der Waals surface area contributed by atoms with Gasteiger partial charge >= 0.3 is 0 Å². The molecular formula is C11H13NO. The van der Waals surface area contributed by atoms with E-state index in [-0.39, 0.29) is 0 Å². The number of rotatable bonds is 1. The smallest absolute Gasteiger partial charge is 0.106 e. The van der Waals surface area contributed by atoms with Gasteiger partial charge in [0.1, 0.15) is 7.11 Å². The van der Waals surface area contributed by atoms with E-state index in [1.54, 1.807) is 7.11 Å². The van der Waals surface area contributed by atoms with Crippen LogP contribution in [0, 0.1) is 0 Å². The van der Waals surface area contributed by atoms with E-state index in [0.717, 1.165) is 12.1 Å². The molecule has 0 aliphatic heterocycles. The van der Waals surface area contributed by atoms with Gasteiger partial charge in [0.2, 0.25) is 0 Å². The molecule has 0 heterocycles. The molecule has 0 aromatic heterocycles. The predicted octanol–water partition coefficient (Wildman–Crippen LogP) is 2.37. The number of fused-ring (bicyclic) bond motifs is 1. The average molecular weight is 175 g/mol. The Kier molecular flexibility index (Phi) is 2.30. The Morgan fingerprint density at radius 3 is 2.92 bits per heavy atom. The fourth-order valence-corrected chi connectivity index (χ4v) is 1.81. The first-order valence-corrected chi connectivity index (χ1v) is 4.60. The molecule has 0 amide bonds. The molecule has 1 aliphatic rings. The highest BCUT2D eigenvalue weighted by Crippen LogP contribution is 2.21. The number of benzene rings is 1. The van der Waals surface area contributed by atoms with Crippen LogP contribution >= 0.6 is 0 Å². The largest absolute Gasteiger partial charge is 0.399 e. The number of hydrogen-bond donors (Lipinski definition) is 0. The molecule has 1 aromatic carbocycles. The van der Waals surface area contributed by atoms with E-state index in [1.807, 2.05) is 0 Å². The van der Waals surface area contributed by atoms with Crippen molar-refractivity contribution in [2.45, 2.75) is 19.3 Å². The van der Waals surface area contributed by atoms with Gasteiger partial charge < -0.3 is 4.84 Å². The van der Waals surface area contributed by atoms with Crippen LogP contribution in [-0.2, 0) is 11.3 Å². The Morgan fingerprint density at radius 1 is 1.23 bits per heavy atom. The zero-order valence-corrected chi connectivity index (χ0v) is 7.79. The maximum Gasteiger partial charge on any atom is 0.106 e. The second-order valence-electron chi connectivity index (χ2n) is 3.23. The van der Waals surface area contributed by atoms with Crippen molar-refractivity contribution in [1.82, 2.24) is 0 Å². The summed E-state index contributed by atoms with van der Waals surface area (Å²) in [5.74, 6) is 0. The van der Waals surface area contributed by atoms with E-state index in [4.69, 9.17) is 4.84 Å². The number of nitrogens with zero attached hydrogens (tertiary/aromatic N) is 1. The summed E-state index contributed by atoms with van der Waals surface area (Å²) in [5.41, 5.74) is 3.74. The van der Waals surface area contributed by atoms with Gasteiger partial charge in [0.05, 0.1) is 5.71 Å². The molecule has 13 heavy (non-hydrogen) atoms. The van der Waals surface area contributed by atoms with Gasteiger partial charge in [-0.1, -0.05) is 29.4 Å². The number of hydrogen-bond acceptors (Lipinski definition) is 2. The second-order valence-corrected chi connectivity index (χ2v) is 3.23. The molecule has 2 heteroatoms. The van der Waals surface area contributed by atoms with E-state index in [0.29, 0.717) is 0 Å². The molecule has 0 bridgehead atoms. The van der Waals surface area contributed by atoms with Gasteiger partial charge in [0, 0.05) is 5.56 Å². The SMILES string of the molecule is CO/N=C1\CCCc2ccccc21. The molecule has 0 atom stereocenters. The van der Waals surface area contributed by atoms with Gasteiger partial charge in [-0.15, -0.1) is 0 Å². The van der Waals surface area contributed by atoms with Gasteiger partial charge in [-0.25, -0.2) is 0 Å². The highest BCUT2D eigenvalue weighted by atomic mass is 16.6. The minimum atomic E-state index is 1.03. The van der Waals surface area contributed by atoms with E-state index in [9.17, 15) is 0 Å². The minimum Gasteiger partial charge on any atom is -0.399 e. The van der Waals surface area contributed by atoms with Gasteiger partial charge in [0.15, 0.2) is 0 Å². The molecule has 1 aromatic rings. The monoisotopic (exact) mass is 175 g/mol. The van der Waals surface area contributed by atoms with E-state index in [2.05, 4.69) is 29.4 Å². The first-order valence-electron chi connectivity index (χ1n) is 4.60. The Labute approximate surface area is 78.2 Å². The number of aryl methyl sites for hydroxylation is 1. The normalized spacial score (nSPS) is 18.4. The summed E-state index contributed by atoms with van der Waals surface area (Å²) in [6, 6.07) is 8.41. The molecule has 2 nitrogen and oxygen atoms in total.